The normalized spacial score (nSPS) is 12.8. The third-order valence-electron chi connectivity index (χ3n) is 4.44. The van der Waals surface area contributed by atoms with Crippen LogP contribution in [0.4, 0.5) is 0 Å². The first-order valence-corrected chi connectivity index (χ1v) is 10.6. The average molecular weight is 384 g/mol. The second-order valence-corrected chi connectivity index (χ2v) is 8.49. The second-order valence-electron chi connectivity index (χ2n) is 6.81. The van der Waals surface area contributed by atoms with Crippen LogP contribution in [0.2, 0.25) is 0 Å². The van der Waals surface area contributed by atoms with Gasteiger partial charge in [-0.1, -0.05) is 60.7 Å². The summed E-state index contributed by atoms with van der Waals surface area (Å²) in [7, 11) is -3.60. The molecular formula is C21H25N3O2S. The molecule has 0 radical (unpaired) electrons. The van der Waals surface area contributed by atoms with Crippen LogP contribution in [-0.4, -0.2) is 24.2 Å². The van der Waals surface area contributed by atoms with Crippen molar-refractivity contribution in [2.24, 2.45) is 0 Å². The van der Waals surface area contributed by atoms with Crippen molar-refractivity contribution in [3.05, 3.63) is 83.7 Å². The molecule has 2 aromatic carbocycles. The molecule has 27 heavy (non-hydrogen) atoms. The highest BCUT2D eigenvalue weighted by Crippen LogP contribution is 2.16. The molecule has 1 atom stereocenters. The molecular weight excluding hydrogens is 358 g/mol. The van der Waals surface area contributed by atoms with Gasteiger partial charge in [0.25, 0.3) is 0 Å². The lowest BCUT2D eigenvalue weighted by molar-refractivity contribution is 0.546. The molecule has 0 bridgehead atoms. The van der Waals surface area contributed by atoms with Gasteiger partial charge in [0.2, 0.25) is 10.0 Å². The number of benzene rings is 2. The highest BCUT2D eigenvalue weighted by Gasteiger charge is 2.22. The quantitative estimate of drug-likeness (QED) is 0.647. The first-order chi connectivity index (χ1) is 12.9. The summed E-state index contributed by atoms with van der Waals surface area (Å²) in [5.74, 6) is 0. The Kier molecular flexibility index (Phi) is 6.08. The maximum absolute atomic E-state index is 12.8. The van der Waals surface area contributed by atoms with Crippen molar-refractivity contribution in [1.29, 1.82) is 0 Å². The van der Waals surface area contributed by atoms with Crippen molar-refractivity contribution >= 4 is 10.0 Å². The smallest absolute Gasteiger partial charge is 0.244 e. The molecule has 142 valence electrons. The van der Waals surface area contributed by atoms with Gasteiger partial charge in [-0.15, -0.1) is 0 Å². The Morgan fingerprint density at radius 1 is 1.00 bits per heavy atom. The van der Waals surface area contributed by atoms with E-state index in [1.54, 1.807) is 17.8 Å². The summed E-state index contributed by atoms with van der Waals surface area (Å²) in [5, 5.41) is 4.37. The van der Waals surface area contributed by atoms with Gasteiger partial charge in [-0.05, 0) is 37.8 Å². The van der Waals surface area contributed by atoms with E-state index in [4.69, 9.17) is 0 Å². The summed E-state index contributed by atoms with van der Waals surface area (Å²) in [4.78, 5) is 0.241. The van der Waals surface area contributed by atoms with E-state index < -0.39 is 10.0 Å². The largest absolute Gasteiger partial charge is 0.267 e. The Labute approximate surface area is 161 Å². The molecule has 6 heteroatoms. The Hall–Kier alpha value is -2.44. The van der Waals surface area contributed by atoms with E-state index in [0.717, 1.165) is 18.4 Å². The fourth-order valence-corrected chi connectivity index (χ4v) is 4.49. The van der Waals surface area contributed by atoms with Crippen molar-refractivity contribution in [3.63, 3.8) is 0 Å². The third kappa shape index (κ3) is 5.28. The Bertz CT molecular complexity index is 967. The van der Waals surface area contributed by atoms with E-state index in [0.29, 0.717) is 12.2 Å². The van der Waals surface area contributed by atoms with Gasteiger partial charge in [-0.25, -0.2) is 13.1 Å². The number of nitrogens with zero attached hydrogens (tertiary/aromatic N) is 2. The zero-order chi connectivity index (χ0) is 19.3. The monoisotopic (exact) mass is 383 g/mol. The number of hydrogen-bond donors (Lipinski definition) is 1. The molecule has 5 nitrogen and oxygen atoms in total. The minimum atomic E-state index is -3.60. The van der Waals surface area contributed by atoms with Gasteiger partial charge in [0, 0.05) is 12.2 Å². The summed E-state index contributed by atoms with van der Waals surface area (Å²) in [6.07, 6.45) is 3.17. The van der Waals surface area contributed by atoms with Gasteiger partial charge >= 0.3 is 0 Å². The van der Waals surface area contributed by atoms with Crippen LogP contribution in [0.5, 0.6) is 0 Å². The van der Waals surface area contributed by atoms with Crippen LogP contribution in [-0.2, 0) is 23.0 Å². The molecule has 0 aliphatic carbocycles. The Balaban J connectivity index is 1.65. The van der Waals surface area contributed by atoms with E-state index >= 15 is 0 Å². The van der Waals surface area contributed by atoms with E-state index in [1.165, 1.54) is 5.56 Å². The zero-order valence-corrected chi connectivity index (χ0v) is 16.5. The molecule has 0 saturated carbocycles. The molecule has 1 unspecified atom stereocenters. The standard InChI is InChI=1S/C21H25N3O2S/c1-17(13-14-19-9-5-3-6-10-19)23-27(25,26)21-16-24(22-18(21)2)15-20-11-7-4-8-12-20/h3-12,16-17,23H,13-15H2,1-2H3. The molecule has 1 N–H and O–H groups in total. The van der Waals surface area contributed by atoms with Gasteiger partial charge in [-0.2, -0.15) is 5.10 Å². The maximum atomic E-state index is 12.8. The van der Waals surface area contributed by atoms with Crippen LogP contribution in [0.25, 0.3) is 0 Å². The summed E-state index contributed by atoms with van der Waals surface area (Å²) in [6.45, 7) is 4.16. The van der Waals surface area contributed by atoms with Crippen molar-refractivity contribution < 1.29 is 8.42 Å². The highest BCUT2D eigenvalue weighted by atomic mass is 32.2. The summed E-state index contributed by atoms with van der Waals surface area (Å²) < 4.78 is 30.0. The number of hydrogen-bond acceptors (Lipinski definition) is 3. The van der Waals surface area contributed by atoms with Crippen LogP contribution < -0.4 is 4.72 Å². The van der Waals surface area contributed by atoms with Gasteiger partial charge in [0.05, 0.1) is 12.2 Å². The molecule has 3 rings (SSSR count). The van der Waals surface area contributed by atoms with E-state index in [2.05, 4.69) is 22.0 Å². The topological polar surface area (TPSA) is 64.0 Å². The summed E-state index contributed by atoms with van der Waals surface area (Å²) >= 11 is 0. The Morgan fingerprint density at radius 2 is 1.59 bits per heavy atom. The lowest BCUT2D eigenvalue weighted by Gasteiger charge is -2.13. The van der Waals surface area contributed by atoms with E-state index in [9.17, 15) is 8.42 Å². The SMILES string of the molecule is Cc1nn(Cc2ccccc2)cc1S(=O)(=O)NC(C)CCc1ccccc1. The lowest BCUT2D eigenvalue weighted by Crippen LogP contribution is -2.33. The predicted octanol–water partition coefficient (Wildman–Crippen LogP) is 3.54. The predicted molar refractivity (Wildman–Crippen MR) is 107 cm³/mol. The van der Waals surface area contributed by atoms with Crippen molar-refractivity contribution in [2.45, 2.75) is 44.2 Å². The molecule has 1 heterocycles. The van der Waals surface area contributed by atoms with Crippen LogP contribution in [0, 0.1) is 6.92 Å². The number of sulfonamides is 1. The average Bonchev–Trinajstić information content (AvgIpc) is 3.02. The van der Waals surface area contributed by atoms with Crippen LogP contribution >= 0.6 is 0 Å². The number of nitrogens with one attached hydrogen (secondary N) is 1. The van der Waals surface area contributed by atoms with Gasteiger partial charge in [-0.3, -0.25) is 4.68 Å². The molecule has 0 fully saturated rings. The molecule has 3 aromatic rings. The van der Waals surface area contributed by atoms with Crippen molar-refractivity contribution in [2.75, 3.05) is 0 Å². The second kappa shape index (κ2) is 8.50. The number of rotatable bonds is 8. The maximum Gasteiger partial charge on any atom is 0.244 e. The summed E-state index contributed by atoms with van der Waals surface area (Å²) in [5.41, 5.74) is 2.79. The molecule has 0 aliphatic rings. The number of aryl methyl sites for hydroxylation is 2. The summed E-state index contributed by atoms with van der Waals surface area (Å²) in [6, 6.07) is 19.8. The van der Waals surface area contributed by atoms with Gasteiger partial charge in [0.15, 0.2) is 0 Å². The zero-order valence-electron chi connectivity index (χ0n) is 15.7. The minimum absolute atomic E-state index is 0.160. The van der Waals surface area contributed by atoms with Crippen LogP contribution in [0.15, 0.2) is 71.8 Å². The van der Waals surface area contributed by atoms with Crippen molar-refractivity contribution in [1.82, 2.24) is 14.5 Å². The third-order valence-corrected chi connectivity index (χ3v) is 6.14. The van der Waals surface area contributed by atoms with Gasteiger partial charge < -0.3 is 0 Å². The highest BCUT2D eigenvalue weighted by molar-refractivity contribution is 7.89. The van der Waals surface area contributed by atoms with E-state index in [1.807, 2.05) is 55.5 Å². The Morgan fingerprint density at radius 3 is 2.22 bits per heavy atom. The fraction of sp³-hybridized carbons (Fsp3) is 0.286. The van der Waals surface area contributed by atoms with Crippen LogP contribution in [0.1, 0.15) is 30.2 Å². The molecule has 0 amide bonds. The first kappa shape index (κ1) is 19.3. The van der Waals surface area contributed by atoms with Crippen LogP contribution in [0.3, 0.4) is 0 Å². The van der Waals surface area contributed by atoms with Gasteiger partial charge in [0.1, 0.15) is 4.90 Å². The molecule has 1 aromatic heterocycles. The van der Waals surface area contributed by atoms with Crippen molar-refractivity contribution in [3.8, 4) is 0 Å². The molecule has 0 spiro atoms. The molecule has 0 saturated heterocycles. The fourth-order valence-electron chi connectivity index (χ4n) is 3.03. The number of aromatic nitrogens is 2. The first-order valence-electron chi connectivity index (χ1n) is 9.08. The van der Waals surface area contributed by atoms with E-state index in [-0.39, 0.29) is 10.9 Å². The lowest BCUT2D eigenvalue weighted by atomic mass is 10.1. The molecule has 0 aliphatic heterocycles. The minimum Gasteiger partial charge on any atom is -0.267 e.